The maximum absolute atomic E-state index is 13.4. The van der Waals surface area contributed by atoms with Crippen molar-refractivity contribution >= 4 is 23.6 Å². The largest absolute Gasteiger partial charge is 0.452 e. The zero-order chi connectivity index (χ0) is 18.4. The van der Waals surface area contributed by atoms with Gasteiger partial charge in [0.05, 0.1) is 11.3 Å². The number of esters is 1. The van der Waals surface area contributed by atoms with Crippen molar-refractivity contribution in [2.24, 2.45) is 0 Å². The number of anilines is 1. The Balaban J connectivity index is 1.85. The Morgan fingerprint density at radius 2 is 1.80 bits per heavy atom. The van der Waals surface area contributed by atoms with Crippen molar-refractivity contribution in [1.82, 2.24) is 5.32 Å². The number of halogens is 1. The SMILES string of the molecule is Cc1ccc(C(=O)OCC(=O)NC(=O)Nc2ccccc2F)c(C)c1. The van der Waals surface area contributed by atoms with Gasteiger partial charge in [-0.15, -0.1) is 0 Å². The molecule has 6 nitrogen and oxygen atoms in total. The molecule has 0 saturated carbocycles. The molecule has 2 N–H and O–H groups in total. The number of nitrogens with one attached hydrogen (secondary N) is 2. The molecule has 0 unspecified atom stereocenters. The predicted molar refractivity (Wildman–Crippen MR) is 89.8 cm³/mol. The van der Waals surface area contributed by atoms with Crippen LogP contribution >= 0.6 is 0 Å². The van der Waals surface area contributed by atoms with E-state index in [1.54, 1.807) is 19.1 Å². The summed E-state index contributed by atoms with van der Waals surface area (Å²) in [6.07, 6.45) is 0. The summed E-state index contributed by atoms with van der Waals surface area (Å²) < 4.78 is 18.3. The highest BCUT2D eigenvalue weighted by molar-refractivity contribution is 6.02. The number of benzene rings is 2. The minimum atomic E-state index is -0.919. The topological polar surface area (TPSA) is 84.5 Å². The Kier molecular flexibility index (Phi) is 5.84. The minimum Gasteiger partial charge on any atom is -0.452 e. The molecule has 0 saturated heterocycles. The molecule has 7 heteroatoms. The summed E-state index contributed by atoms with van der Waals surface area (Å²) in [5, 5.41) is 4.14. The van der Waals surface area contributed by atoms with Gasteiger partial charge in [-0.3, -0.25) is 10.1 Å². The molecule has 2 aromatic rings. The molecule has 0 spiro atoms. The lowest BCUT2D eigenvalue weighted by molar-refractivity contribution is -0.123. The van der Waals surface area contributed by atoms with Crippen LogP contribution in [-0.2, 0) is 9.53 Å². The Hall–Kier alpha value is -3.22. The first-order chi connectivity index (χ1) is 11.9. The third-order valence-electron chi connectivity index (χ3n) is 3.31. The summed E-state index contributed by atoms with van der Waals surface area (Å²) in [4.78, 5) is 35.2. The van der Waals surface area contributed by atoms with E-state index in [9.17, 15) is 18.8 Å². The van der Waals surface area contributed by atoms with Crippen molar-refractivity contribution in [2.45, 2.75) is 13.8 Å². The molecule has 25 heavy (non-hydrogen) atoms. The molecule has 0 aliphatic carbocycles. The molecule has 0 bridgehead atoms. The quantitative estimate of drug-likeness (QED) is 0.835. The third-order valence-corrected chi connectivity index (χ3v) is 3.31. The van der Waals surface area contributed by atoms with Crippen molar-refractivity contribution < 1.29 is 23.5 Å². The van der Waals surface area contributed by atoms with E-state index < -0.39 is 30.3 Å². The molecule has 0 fully saturated rings. The van der Waals surface area contributed by atoms with Crippen LogP contribution in [0.1, 0.15) is 21.5 Å². The van der Waals surface area contributed by atoms with Crippen LogP contribution in [-0.4, -0.2) is 24.5 Å². The molecule has 0 aliphatic rings. The van der Waals surface area contributed by atoms with Gasteiger partial charge >= 0.3 is 12.0 Å². The zero-order valence-electron chi connectivity index (χ0n) is 13.8. The summed E-state index contributed by atoms with van der Waals surface area (Å²) in [6.45, 7) is 3.02. The predicted octanol–water partition coefficient (Wildman–Crippen LogP) is 2.95. The third kappa shape index (κ3) is 5.13. The minimum absolute atomic E-state index is 0.0694. The van der Waals surface area contributed by atoms with Gasteiger partial charge in [-0.05, 0) is 37.6 Å². The molecule has 0 heterocycles. The van der Waals surface area contributed by atoms with Crippen molar-refractivity contribution in [3.8, 4) is 0 Å². The van der Waals surface area contributed by atoms with Crippen LogP contribution in [0.4, 0.5) is 14.9 Å². The van der Waals surface area contributed by atoms with E-state index in [0.29, 0.717) is 5.56 Å². The number of urea groups is 1. The average molecular weight is 344 g/mol. The van der Waals surface area contributed by atoms with Gasteiger partial charge in [0.15, 0.2) is 6.61 Å². The molecular weight excluding hydrogens is 327 g/mol. The molecule has 130 valence electrons. The van der Waals surface area contributed by atoms with Crippen LogP contribution in [0.2, 0.25) is 0 Å². The number of hydrogen-bond donors (Lipinski definition) is 2. The zero-order valence-corrected chi connectivity index (χ0v) is 13.8. The van der Waals surface area contributed by atoms with Crippen molar-refractivity contribution in [3.05, 3.63) is 65.0 Å². The molecule has 0 aromatic heterocycles. The van der Waals surface area contributed by atoms with Gasteiger partial charge in [0.25, 0.3) is 5.91 Å². The number of para-hydroxylation sites is 1. The second-order valence-corrected chi connectivity index (χ2v) is 5.38. The highest BCUT2D eigenvalue weighted by Crippen LogP contribution is 2.12. The molecule has 2 rings (SSSR count). The maximum atomic E-state index is 13.4. The fourth-order valence-electron chi connectivity index (χ4n) is 2.13. The Morgan fingerprint density at radius 3 is 2.48 bits per heavy atom. The first-order valence-corrected chi connectivity index (χ1v) is 7.46. The van der Waals surface area contributed by atoms with Crippen LogP contribution in [0.15, 0.2) is 42.5 Å². The van der Waals surface area contributed by atoms with Crippen LogP contribution in [0.25, 0.3) is 0 Å². The molecular formula is C18H17FN2O4. The highest BCUT2D eigenvalue weighted by Gasteiger charge is 2.15. The first-order valence-electron chi connectivity index (χ1n) is 7.46. The Morgan fingerprint density at radius 1 is 1.08 bits per heavy atom. The van der Waals surface area contributed by atoms with Gasteiger partial charge in [0, 0.05) is 0 Å². The van der Waals surface area contributed by atoms with Gasteiger partial charge in [-0.2, -0.15) is 0 Å². The lowest BCUT2D eigenvalue weighted by Gasteiger charge is -2.09. The smallest absolute Gasteiger partial charge is 0.338 e. The number of carbonyl (C=O) groups is 3. The van der Waals surface area contributed by atoms with Crippen molar-refractivity contribution in [1.29, 1.82) is 0 Å². The van der Waals surface area contributed by atoms with Gasteiger partial charge in [-0.25, -0.2) is 14.0 Å². The summed E-state index contributed by atoms with van der Waals surface area (Å²) in [5.41, 5.74) is 1.99. The number of amides is 3. The van der Waals surface area contributed by atoms with E-state index in [0.717, 1.165) is 11.1 Å². The van der Waals surface area contributed by atoms with E-state index in [4.69, 9.17) is 4.74 Å². The fourth-order valence-corrected chi connectivity index (χ4v) is 2.13. The number of aryl methyl sites for hydroxylation is 2. The van der Waals surface area contributed by atoms with Crippen LogP contribution in [0, 0.1) is 19.7 Å². The monoisotopic (exact) mass is 344 g/mol. The molecule has 0 atom stereocenters. The number of carbonyl (C=O) groups excluding carboxylic acids is 3. The normalized spacial score (nSPS) is 10.0. The Labute approximate surface area is 144 Å². The lowest BCUT2D eigenvalue weighted by Crippen LogP contribution is -2.37. The molecule has 2 aromatic carbocycles. The Bertz CT molecular complexity index is 820. The van der Waals surface area contributed by atoms with E-state index in [2.05, 4.69) is 5.32 Å². The van der Waals surface area contributed by atoms with E-state index in [-0.39, 0.29) is 5.69 Å². The molecule has 0 radical (unpaired) electrons. The van der Waals surface area contributed by atoms with Crippen molar-refractivity contribution in [2.75, 3.05) is 11.9 Å². The van der Waals surface area contributed by atoms with Gasteiger partial charge in [-0.1, -0.05) is 29.8 Å². The van der Waals surface area contributed by atoms with Gasteiger partial charge in [0.2, 0.25) is 0 Å². The van der Waals surface area contributed by atoms with Gasteiger partial charge in [0.1, 0.15) is 5.82 Å². The summed E-state index contributed by atoms with van der Waals surface area (Å²) in [6, 6.07) is 9.78. The first kappa shape index (κ1) is 18.1. The molecule has 3 amide bonds. The van der Waals surface area contributed by atoms with E-state index in [1.165, 1.54) is 24.3 Å². The van der Waals surface area contributed by atoms with Crippen molar-refractivity contribution in [3.63, 3.8) is 0 Å². The number of ether oxygens (including phenoxy) is 1. The number of hydrogen-bond acceptors (Lipinski definition) is 4. The van der Waals surface area contributed by atoms with E-state index in [1.807, 2.05) is 18.3 Å². The van der Waals surface area contributed by atoms with Crippen LogP contribution in [0.5, 0.6) is 0 Å². The maximum Gasteiger partial charge on any atom is 0.338 e. The van der Waals surface area contributed by atoms with Crippen LogP contribution in [0.3, 0.4) is 0 Å². The number of rotatable bonds is 4. The molecule has 0 aliphatic heterocycles. The number of imide groups is 1. The van der Waals surface area contributed by atoms with Crippen LogP contribution < -0.4 is 10.6 Å². The second kappa shape index (κ2) is 8.05. The summed E-state index contributed by atoms with van der Waals surface area (Å²) >= 11 is 0. The summed E-state index contributed by atoms with van der Waals surface area (Å²) in [7, 11) is 0. The second-order valence-electron chi connectivity index (χ2n) is 5.38. The lowest BCUT2D eigenvalue weighted by atomic mass is 10.1. The standard InChI is InChI=1S/C18H17FN2O4/c1-11-7-8-13(12(2)9-11)17(23)25-10-16(22)21-18(24)20-15-6-4-3-5-14(15)19/h3-9H,10H2,1-2H3,(H2,20,21,22,24). The summed E-state index contributed by atoms with van der Waals surface area (Å²) in [5.74, 6) is -2.12. The van der Waals surface area contributed by atoms with E-state index >= 15 is 0 Å². The average Bonchev–Trinajstić information content (AvgIpc) is 2.54. The highest BCUT2D eigenvalue weighted by atomic mass is 19.1. The fraction of sp³-hybridized carbons (Fsp3) is 0.167. The van der Waals surface area contributed by atoms with Gasteiger partial charge < -0.3 is 10.1 Å².